The third-order valence-electron chi connectivity index (χ3n) is 4.23. The summed E-state index contributed by atoms with van der Waals surface area (Å²) in [4.78, 5) is 27.0. The lowest BCUT2D eigenvalue weighted by molar-refractivity contribution is -0.139. The lowest BCUT2D eigenvalue weighted by Gasteiger charge is -2.29. The highest BCUT2D eigenvalue weighted by Crippen LogP contribution is 2.23. The van der Waals surface area contributed by atoms with E-state index in [1.807, 2.05) is 65.0 Å². The Morgan fingerprint density at radius 2 is 1.64 bits per heavy atom. The minimum absolute atomic E-state index is 0.0588. The Bertz CT molecular complexity index is 493. The van der Waals surface area contributed by atoms with E-state index in [-0.39, 0.29) is 11.8 Å². The van der Waals surface area contributed by atoms with Crippen LogP contribution >= 0.6 is 0 Å². The van der Waals surface area contributed by atoms with Gasteiger partial charge in [0.1, 0.15) is 6.04 Å². The van der Waals surface area contributed by atoms with Crippen molar-refractivity contribution in [2.75, 3.05) is 13.1 Å². The SMILES string of the molecule is CCN(CC)C(=O)[C@H](NC(=O)C(C)(C)CC)c1ccccc1. The molecule has 0 bridgehead atoms. The van der Waals surface area contributed by atoms with Gasteiger partial charge < -0.3 is 10.2 Å². The fourth-order valence-corrected chi connectivity index (χ4v) is 2.14. The first kappa shape index (κ1) is 18.2. The van der Waals surface area contributed by atoms with Crippen molar-refractivity contribution in [2.24, 2.45) is 5.41 Å². The Hall–Kier alpha value is -1.84. The number of nitrogens with zero attached hydrogens (tertiary/aromatic N) is 1. The first-order valence-corrected chi connectivity index (χ1v) is 8.02. The van der Waals surface area contributed by atoms with Gasteiger partial charge in [-0.1, -0.05) is 51.1 Å². The number of carbonyl (C=O) groups excluding carboxylic acids is 2. The highest BCUT2D eigenvalue weighted by molar-refractivity contribution is 5.90. The molecule has 0 radical (unpaired) electrons. The summed E-state index contributed by atoms with van der Waals surface area (Å²) in [5.41, 5.74) is 0.330. The minimum atomic E-state index is -0.626. The number of hydrogen-bond donors (Lipinski definition) is 1. The maximum atomic E-state index is 12.8. The fraction of sp³-hybridized carbons (Fsp3) is 0.556. The molecule has 122 valence electrons. The molecule has 0 heterocycles. The first-order valence-electron chi connectivity index (χ1n) is 8.02. The molecular formula is C18H28N2O2. The summed E-state index contributed by atoms with van der Waals surface area (Å²) in [7, 11) is 0. The Labute approximate surface area is 133 Å². The summed E-state index contributed by atoms with van der Waals surface area (Å²) in [6, 6.07) is 8.81. The van der Waals surface area contributed by atoms with E-state index in [4.69, 9.17) is 0 Å². The number of carbonyl (C=O) groups is 2. The maximum absolute atomic E-state index is 12.8. The van der Waals surface area contributed by atoms with Crippen molar-refractivity contribution in [3.05, 3.63) is 35.9 Å². The molecule has 1 aromatic carbocycles. The highest BCUT2D eigenvalue weighted by atomic mass is 16.2. The van der Waals surface area contributed by atoms with Crippen LogP contribution in [0.1, 0.15) is 52.6 Å². The third-order valence-corrected chi connectivity index (χ3v) is 4.23. The van der Waals surface area contributed by atoms with Crippen LogP contribution in [0.25, 0.3) is 0 Å². The van der Waals surface area contributed by atoms with Gasteiger partial charge in [0.05, 0.1) is 0 Å². The van der Waals surface area contributed by atoms with E-state index < -0.39 is 11.5 Å². The van der Waals surface area contributed by atoms with E-state index in [1.54, 1.807) is 4.90 Å². The Kier molecular flexibility index (Phi) is 6.60. The van der Waals surface area contributed by atoms with Gasteiger partial charge in [0.15, 0.2) is 0 Å². The molecule has 1 atom stereocenters. The second-order valence-corrected chi connectivity index (χ2v) is 6.07. The van der Waals surface area contributed by atoms with Crippen LogP contribution in [-0.4, -0.2) is 29.8 Å². The average Bonchev–Trinajstić information content (AvgIpc) is 2.54. The molecule has 2 amide bonds. The predicted octanol–water partition coefficient (Wildman–Crippen LogP) is 3.15. The molecule has 0 aliphatic heterocycles. The topological polar surface area (TPSA) is 49.4 Å². The number of amides is 2. The summed E-state index contributed by atoms with van der Waals surface area (Å²) in [5.74, 6) is -0.152. The zero-order chi connectivity index (χ0) is 16.8. The smallest absolute Gasteiger partial charge is 0.249 e. The van der Waals surface area contributed by atoms with Crippen molar-refractivity contribution >= 4 is 11.8 Å². The molecule has 1 rings (SSSR count). The van der Waals surface area contributed by atoms with Gasteiger partial charge in [-0.3, -0.25) is 9.59 Å². The number of nitrogens with one attached hydrogen (secondary N) is 1. The monoisotopic (exact) mass is 304 g/mol. The average molecular weight is 304 g/mol. The van der Waals surface area contributed by atoms with E-state index in [0.29, 0.717) is 13.1 Å². The zero-order valence-corrected chi connectivity index (χ0v) is 14.3. The van der Waals surface area contributed by atoms with Crippen molar-refractivity contribution < 1.29 is 9.59 Å². The van der Waals surface area contributed by atoms with Crippen LogP contribution in [0.4, 0.5) is 0 Å². The number of rotatable bonds is 7. The number of benzene rings is 1. The lowest BCUT2D eigenvalue weighted by atomic mass is 9.88. The van der Waals surface area contributed by atoms with Gasteiger partial charge in [-0.15, -0.1) is 0 Å². The minimum Gasteiger partial charge on any atom is -0.341 e. The molecular weight excluding hydrogens is 276 g/mol. The molecule has 1 N–H and O–H groups in total. The molecule has 0 fully saturated rings. The largest absolute Gasteiger partial charge is 0.341 e. The molecule has 0 saturated carbocycles. The van der Waals surface area contributed by atoms with Gasteiger partial charge in [0.2, 0.25) is 11.8 Å². The molecule has 1 aromatic rings. The van der Waals surface area contributed by atoms with Gasteiger partial charge in [-0.25, -0.2) is 0 Å². The zero-order valence-electron chi connectivity index (χ0n) is 14.3. The van der Waals surface area contributed by atoms with Gasteiger partial charge in [-0.2, -0.15) is 0 Å². The van der Waals surface area contributed by atoms with E-state index in [9.17, 15) is 9.59 Å². The molecule has 0 aromatic heterocycles. The van der Waals surface area contributed by atoms with Gasteiger partial charge in [-0.05, 0) is 25.8 Å². The number of likely N-dealkylation sites (N-methyl/N-ethyl adjacent to an activating group) is 1. The van der Waals surface area contributed by atoms with Crippen molar-refractivity contribution in [1.29, 1.82) is 0 Å². The molecule has 0 spiro atoms. The standard InChI is InChI=1S/C18H28N2O2/c1-6-18(4,5)17(22)19-15(14-12-10-9-11-13-14)16(21)20(7-2)8-3/h9-13,15H,6-8H2,1-5H3,(H,19,22)/t15-/m1/s1. The fourth-order valence-electron chi connectivity index (χ4n) is 2.14. The second kappa shape index (κ2) is 7.97. The van der Waals surface area contributed by atoms with E-state index in [0.717, 1.165) is 12.0 Å². The van der Waals surface area contributed by atoms with Gasteiger partial charge in [0.25, 0.3) is 0 Å². The summed E-state index contributed by atoms with van der Waals surface area (Å²) in [6.45, 7) is 10.9. The van der Waals surface area contributed by atoms with Crippen molar-refractivity contribution in [3.8, 4) is 0 Å². The van der Waals surface area contributed by atoms with Crippen molar-refractivity contribution in [2.45, 2.75) is 47.1 Å². The van der Waals surface area contributed by atoms with Crippen LogP contribution in [0.2, 0.25) is 0 Å². The van der Waals surface area contributed by atoms with Crippen molar-refractivity contribution in [1.82, 2.24) is 10.2 Å². The number of hydrogen-bond acceptors (Lipinski definition) is 2. The molecule has 0 unspecified atom stereocenters. The summed E-state index contributed by atoms with van der Waals surface area (Å²) < 4.78 is 0. The quantitative estimate of drug-likeness (QED) is 0.841. The summed E-state index contributed by atoms with van der Waals surface area (Å²) in [6.07, 6.45) is 0.722. The van der Waals surface area contributed by atoms with Gasteiger partial charge in [0, 0.05) is 18.5 Å². The van der Waals surface area contributed by atoms with Crippen LogP contribution in [0.3, 0.4) is 0 Å². The maximum Gasteiger partial charge on any atom is 0.249 e. The second-order valence-electron chi connectivity index (χ2n) is 6.07. The highest BCUT2D eigenvalue weighted by Gasteiger charge is 2.32. The van der Waals surface area contributed by atoms with Crippen LogP contribution in [0.15, 0.2) is 30.3 Å². The first-order chi connectivity index (χ1) is 10.4. The Balaban J connectivity index is 3.08. The normalized spacial score (nSPS) is 12.6. The van der Waals surface area contributed by atoms with E-state index in [1.165, 1.54) is 0 Å². The molecule has 0 saturated heterocycles. The van der Waals surface area contributed by atoms with Crippen LogP contribution in [0.5, 0.6) is 0 Å². The summed E-state index contributed by atoms with van der Waals surface area (Å²) in [5, 5.41) is 2.94. The predicted molar refractivity (Wildman–Crippen MR) is 89.3 cm³/mol. The van der Waals surface area contributed by atoms with Crippen LogP contribution in [-0.2, 0) is 9.59 Å². The Morgan fingerprint density at radius 1 is 1.09 bits per heavy atom. The van der Waals surface area contributed by atoms with Gasteiger partial charge >= 0.3 is 0 Å². The molecule has 0 aliphatic rings. The van der Waals surface area contributed by atoms with Crippen LogP contribution < -0.4 is 5.32 Å². The summed E-state index contributed by atoms with van der Waals surface area (Å²) >= 11 is 0. The third kappa shape index (κ3) is 4.33. The van der Waals surface area contributed by atoms with Crippen molar-refractivity contribution in [3.63, 3.8) is 0 Å². The van der Waals surface area contributed by atoms with E-state index >= 15 is 0 Å². The molecule has 4 nitrogen and oxygen atoms in total. The molecule has 0 aliphatic carbocycles. The van der Waals surface area contributed by atoms with E-state index in [2.05, 4.69) is 5.32 Å². The Morgan fingerprint density at radius 3 is 2.09 bits per heavy atom. The van der Waals surface area contributed by atoms with Crippen LogP contribution in [0, 0.1) is 5.41 Å². The lowest BCUT2D eigenvalue weighted by Crippen LogP contribution is -2.46. The molecule has 4 heteroatoms. The molecule has 22 heavy (non-hydrogen) atoms.